The van der Waals surface area contributed by atoms with Gasteiger partial charge in [0.05, 0.1) is 0 Å². The van der Waals surface area contributed by atoms with Crippen molar-refractivity contribution < 1.29 is 22.0 Å². The molecule has 60 valence electrons. The fourth-order valence-corrected chi connectivity index (χ4v) is 0.322. The molecule has 0 radical (unpaired) electrons. The molecular weight excluding hydrogens is 178 g/mol. The van der Waals surface area contributed by atoms with Crippen LogP contribution in [0.4, 0.5) is 22.0 Å². The molecule has 1 unspecified atom stereocenters. The van der Waals surface area contributed by atoms with Crippen LogP contribution in [0.15, 0.2) is 11.4 Å². The first kappa shape index (κ1) is 9.68. The monoisotopic (exact) mass is 180 g/mol. The highest BCUT2D eigenvalue weighted by Crippen LogP contribution is 2.28. The largest absolute Gasteiger partial charge is 0.426 e. The number of hydrogen-bond acceptors (Lipinski definition) is 0. The molecule has 0 saturated heterocycles. The van der Waals surface area contributed by atoms with Crippen LogP contribution in [0.1, 0.15) is 0 Å². The lowest BCUT2D eigenvalue weighted by molar-refractivity contribution is -0.173. The normalized spacial score (nSPS) is 17.2. The first-order valence-electron chi connectivity index (χ1n) is 2.06. The minimum Gasteiger partial charge on any atom is -0.230 e. The molecule has 0 spiro atoms. The van der Waals surface area contributed by atoms with Crippen molar-refractivity contribution in [1.29, 1.82) is 0 Å². The molecule has 6 heteroatoms. The van der Waals surface area contributed by atoms with Gasteiger partial charge in [-0.15, -0.1) is 0 Å². The second kappa shape index (κ2) is 3.18. The quantitative estimate of drug-likeness (QED) is 0.545. The van der Waals surface area contributed by atoms with E-state index in [9.17, 15) is 22.0 Å². The van der Waals surface area contributed by atoms with Gasteiger partial charge in [-0.2, -0.15) is 13.2 Å². The van der Waals surface area contributed by atoms with Gasteiger partial charge in [0, 0.05) is 5.54 Å². The van der Waals surface area contributed by atoms with Crippen LogP contribution < -0.4 is 0 Å². The molecule has 0 aromatic heterocycles. The van der Waals surface area contributed by atoms with Gasteiger partial charge in [-0.05, 0) is 0 Å². The summed E-state index contributed by atoms with van der Waals surface area (Å²) in [6.07, 6.45) is -8.82. The standard InChI is InChI=1S/C4H2ClF5/c5-1-2(6)3(7)4(8,9)10/h1,3H/b2-1-. The Morgan fingerprint density at radius 1 is 1.40 bits per heavy atom. The molecule has 0 aliphatic rings. The Balaban J connectivity index is 4.23. The Kier molecular flexibility index (Phi) is 3.08. The molecule has 0 heterocycles. The van der Waals surface area contributed by atoms with Crippen molar-refractivity contribution in [3.63, 3.8) is 0 Å². The van der Waals surface area contributed by atoms with Crippen molar-refractivity contribution in [2.75, 3.05) is 0 Å². The third kappa shape index (κ3) is 2.51. The number of rotatable bonds is 1. The van der Waals surface area contributed by atoms with E-state index in [4.69, 9.17) is 0 Å². The van der Waals surface area contributed by atoms with E-state index in [1.165, 1.54) is 0 Å². The molecule has 0 fully saturated rings. The van der Waals surface area contributed by atoms with Crippen LogP contribution in [-0.4, -0.2) is 12.3 Å². The highest BCUT2D eigenvalue weighted by molar-refractivity contribution is 6.25. The fraction of sp³-hybridized carbons (Fsp3) is 0.500. The molecule has 1 atom stereocenters. The summed E-state index contributed by atoms with van der Waals surface area (Å²) in [6.45, 7) is 0. The van der Waals surface area contributed by atoms with Crippen molar-refractivity contribution in [2.45, 2.75) is 12.3 Å². The Morgan fingerprint density at radius 2 is 1.80 bits per heavy atom. The summed E-state index contributed by atoms with van der Waals surface area (Å²) in [5, 5.41) is 0. The number of allylic oxidation sites excluding steroid dienone is 1. The molecule has 0 aromatic carbocycles. The lowest BCUT2D eigenvalue weighted by Gasteiger charge is -2.08. The summed E-state index contributed by atoms with van der Waals surface area (Å²) in [4.78, 5) is 0. The van der Waals surface area contributed by atoms with Crippen molar-refractivity contribution >= 4 is 11.6 Å². The van der Waals surface area contributed by atoms with Crippen molar-refractivity contribution in [3.05, 3.63) is 11.4 Å². The van der Waals surface area contributed by atoms with Gasteiger partial charge < -0.3 is 0 Å². The topological polar surface area (TPSA) is 0 Å². The van der Waals surface area contributed by atoms with Gasteiger partial charge in [-0.3, -0.25) is 0 Å². The first-order chi connectivity index (χ1) is 4.39. The zero-order valence-electron chi connectivity index (χ0n) is 4.42. The molecule has 0 N–H and O–H groups in total. The Morgan fingerprint density at radius 3 is 1.90 bits per heavy atom. The Bertz CT molecular complexity index is 137. The van der Waals surface area contributed by atoms with Gasteiger partial charge in [0.25, 0.3) is 0 Å². The van der Waals surface area contributed by atoms with E-state index in [-0.39, 0.29) is 5.54 Å². The predicted molar refractivity (Wildman–Crippen MR) is 26.0 cm³/mol. The van der Waals surface area contributed by atoms with Crippen molar-refractivity contribution in [1.82, 2.24) is 0 Å². The molecule has 0 nitrogen and oxygen atoms in total. The Hall–Kier alpha value is -0.320. The summed E-state index contributed by atoms with van der Waals surface area (Å²) in [5.41, 5.74) is -0.0852. The first-order valence-corrected chi connectivity index (χ1v) is 2.49. The maximum atomic E-state index is 11.7. The maximum absolute atomic E-state index is 11.7. The zero-order valence-corrected chi connectivity index (χ0v) is 5.18. The summed E-state index contributed by atoms with van der Waals surface area (Å²) >= 11 is 4.48. The van der Waals surface area contributed by atoms with Gasteiger partial charge in [0.2, 0.25) is 6.17 Å². The van der Waals surface area contributed by atoms with Crippen molar-refractivity contribution in [3.8, 4) is 0 Å². The van der Waals surface area contributed by atoms with E-state index in [1.54, 1.807) is 0 Å². The van der Waals surface area contributed by atoms with Crippen LogP contribution in [0.25, 0.3) is 0 Å². The van der Waals surface area contributed by atoms with Gasteiger partial charge in [-0.1, -0.05) is 11.6 Å². The number of halogens is 6. The molecule has 0 amide bonds. The molecule has 0 aliphatic carbocycles. The van der Waals surface area contributed by atoms with Crippen LogP contribution in [0.2, 0.25) is 0 Å². The molecule has 0 rings (SSSR count). The third-order valence-electron chi connectivity index (χ3n) is 0.634. The van der Waals surface area contributed by atoms with Crippen molar-refractivity contribution in [2.24, 2.45) is 0 Å². The SMILES string of the molecule is F/C(=C\Cl)C(F)C(F)(F)F. The number of alkyl halides is 4. The van der Waals surface area contributed by atoms with E-state index < -0.39 is 18.2 Å². The van der Waals surface area contributed by atoms with Gasteiger partial charge in [0.15, 0.2) is 5.83 Å². The average Bonchev–Trinajstić information content (AvgIpc) is 1.83. The van der Waals surface area contributed by atoms with E-state index in [0.29, 0.717) is 0 Å². The lowest BCUT2D eigenvalue weighted by Crippen LogP contribution is -2.24. The van der Waals surface area contributed by atoms with Gasteiger partial charge >= 0.3 is 6.18 Å². The van der Waals surface area contributed by atoms with Crippen LogP contribution in [0.5, 0.6) is 0 Å². The summed E-state index contributed by atoms with van der Waals surface area (Å²) in [6, 6.07) is 0. The van der Waals surface area contributed by atoms with E-state index in [0.717, 1.165) is 0 Å². The zero-order chi connectivity index (χ0) is 8.36. The van der Waals surface area contributed by atoms with Crippen LogP contribution in [0.3, 0.4) is 0 Å². The van der Waals surface area contributed by atoms with E-state index in [1.807, 2.05) is 0 Å². The van der Waals surface area contributed by atoms with Crippen LogP contribution >= 0.6 is 11.6 Å². The van der Waals surface area contributed by atoms with Crippen LogP contribution in [0, 0.1) is 0 Å². The van der Waals surface area contributed by atoms with E-state index in [2.05, 4.69) is 11.6 Å². The molecular formula is C4H2ClF5. The molecule has 0 saturated carbocycles. The highest BCUT2D eigenvalue weighted by atomic mass is 35.5. The number of hydrogen-bond donors (Lipinski definition) is 0. The predicted octanol–water partition coefficient (Wildman–Crippen LogP) is 2.94. The molecule has 10 heavy (non-hydrogen) atoms. The minimum absolute atomic E-state index is 0.0852. The smallest absolute Gasteiger partial charge is 0.230 e. The molecule has 0 aromatic rings. The summed E-state index contributed by atoms with van der Waals surface area (Å²) in [7, 11) is 0. The fourth-order valence-electron chi connectivity index (χ4n) is 0.212. The average molecular weight is 181 g/mol. The lowest BCUT2D eigenvalue weighted by atomic mass is 10.3. The summed E-state index contributed by atoms with van der Waals surface area (Å²) < 4.78 is 56.8. The Labute approximate surface area is 58.3 Å². The van der Waals surface area contributed by atoms with Gasteiger partial charge in [0.1, 0.15) is 0 Å². The third-order valence-corrected chi connectivity index (χ3v) is 0.842. The van der Waals surface area contributed by atoms with Crippen LogP contribution in [-0.2, 0) is 0 Å². The molecule has 0 aliphatic heterocycles. The highest BCUT2D eigenvalue weighted by Gasteiger charge is 2.43. The molecule has 0 bridgehead atoms. The summed E-state index contributed by atoms with van der Waals surface area (Å²) in [5.74, 6) is -2.03. The van der Waals surface area contributed by atoms with Gasteiger partial charge in [-0.25, -0.2) is 8.78 Å². The minimum atomic E-state index is -5.21. The maximum Gasteiger partial charge on any atom is 0.426 e. The second-order valence-corrected chi connectivity index (χ2v) is 1.62. The second-order valence-electron chi connectivity index (χ2n) is 1.40. The van der Waals surface area contributed by atoms with E-state index >= 15 is 0 Å².